The molecule has 4 heteroatoms. The van der Waals surface area contributed by atoms with Crippen LogP contribution >= 0.6 is 0 Å². The van der Waals surface area contributed by atoms with Crippen LogP contribution in [0.25, 0.3) is 0 Å². The predicted molar refractivity (Wildman–Crippen MR) is 69.9 cm³/mol. The average Bonchev–Trinajstić information content (AvgIpc) is 2.78. The van der Waals surface area contributed by atoms with E-state index < -0.39 is 0 Å². The number of nitrogens with one attached hydrogen (secondary N) is 1. The molecule has 0 aliphatic heterocycles. The minimum Gasteiger partial charge on any atom is -0.469 e. The van der Waals surface area contributed by atoms with E-state index in [0.717, 1.165) is 30.6 Å². The van der Waals surface area contributed by atoms with Gasteiger partial charge in [0, 0.05) is 18.5 Å². The summed E-state index contributed by atoms with van der Waals surface area (Å²) < 4.78 is 5.43. The SMILES string of the molecule is CC(C)C(CN)C(=O)NC1CCCc2occc21. The van der Waals surface area contributed by atoms with E-state index in [2.05, 4.69) is 5.32 Å². The van der Waals surface area contributed by atoms with Crippen molar-refractivity contribution in [1.29, 1.82) is 0 Å². The summed E-state index contributed by atoms with van der Waals surface area (Å²) in [7, 11) is 0. The van der Waals surface area contributed by atoms with Crippen molar-refractivity contribution in [2.24, 2.45) is 17.6 Å². The van der Waals surface area contributed by atoms with Crippen molar-refractivity contribution in [3.63, 3.8) is 0 Å². The maximum Gasteiger partial charge on any atom is 0.225 e. The van der Waals surface area contributed by atoms with Crippen LogP contribution in [0.5, 0.6) is 0 Å². The Labute approximate surface area is 108 Å². The van der Waals surface area contributed by atoms with Crippen molar-refractivity contribution in [3.05, 3.63) is 23.7 Å². The predicted octanol–water partition coefficient (Wildman–Crippen LogP) is 2.00. The molecule has 1 aromatic rings. The summed E-state index contributed by atoms with van der Waals surface area (Å²) >= 11 is 0. The highest BCUT2D eigenvalue weighted by atomic mass is 16.3. The van der Waals surface area contributed by atoms with Crippen LogP contribution in [0.1, 0.15) is 44.1 Å². The molecule has 1 amide bonds. The van der Waals surface area contributed by atoms with Gasteiger partial charge >= 0.3 is 0 Å². The molecule has 2 atom stereocenters. The molecule has 0 fully saturated rings. The molecule has 2 rings (SSSR count). The summed E-state index contributed by atoms with van der Waals surface area (Å²) in [4.78, 5) is 12.2. The zero-order valence-corrected chi connectivity index (χ0v) is 11.1. The van der Waals surface area contributed by atoms with Gasteiger partial charge in [-0.05, 0) is 24.8 Å². The summed E-state index contributed by atoms with van der Waals surface area (Å²) in [5, 5.41) is 3.11. The van der Waals surface area contributed by atoms with E-state index in [1.165, 1.54) is 0 Å². The van der Waals surface area contributed by atoms with Crippen molar-refractivity contribution in [1.82, 2.24) is 5.32 Å². The molecule has 0 bridgehead atoms. The second-order valence-corrected chi connectivity index (χ2v) is 5.34. The van der Waals surface area contributed by atoms with Crippen molar-refractivity contribution >= 4 is 5.91 Å². The third-order valence-corrected chi connectivity index (χ3v) is 3.76. The van der Waals surface area contributed by atoms with Crippen LogP contribution in [0, 0.1) is 11.8 Å². The monoisotopic (exact) mass is 250 g/mol. The van der Waals surface area contributed by atoms with Gasteiger partial charge in [0.05, 0.1) is 18.2 Å². The number of carbonyl (C=O) groups excluding carboxylic acids is 1. The van der Waals surface area contributed by atoms with Crippen molar-refractivity contribution in [3.8, 4) is 0 Å². The lowest BCUT2D eigenvalue weighted by atomic mass is 9.91. The van der Waals surface area contributed by atoms with E-state index >= 15 is 0 Å². The van der Waals surface area contributed by atoms with Crippen LogP contribution in [0.4, 0.5) is 0 Å². The molecule has 100 valence electrons. The highest BCUT2D eigenvalue weighted by Crippen LogP contribution is 2.30. The highest BCUT2D eigenvalue weighted by Gasteiger charge is 2.27. The van der Waals surface area contributed by atoms with Crippen LogP contribution in [-0.4, -0.2) is 12.5 Å². The lowest BCUT2D eigenvalue weighted by Gasteiger charge is -2.26. The topological polar surface area (TPSA) is 68.3 Å². The van der Waals surface area contributed by atoms with Gasteiger partial charge in [0.25, 0.3) is 0 Å². The largest absolute Gasteiger partial charge is 0.469 e. The van der Waals surface area contributed by atoms with E-state index in [-0.39, 0.29) is 23.8 Å². The quantitative estimate of drug-likeness (QED) is 0.858. The molecule has 1 aliphatic carbocycles. The fraction of sp³-hybridized carbons (Fsp3) is 0.643. The van der Waals surface area contributed by atoms with Gasteiger partial charge in [-0.15, -0.1) is 0 Å². The van der Waals surface area contributed by atoms with Crippen molar-refractivity contribution in [2.45, 2.75) is 39.2 Å². The third-order valence-electron chi connectivity index (χ3n) is 3.76. The fourth-order valence-corrected chi connectivity index (χ4v) is 2.60. The van der Waals surface area contributed by atoms with Crippen LogP contribution in [0.3, 0.4) is 0 Å². The molecule has 18 heavy (non-hydrogen) atoms. The molecule has 0 aromatic carbocycles. The Hall–Kier alpha value is -1.29. The van der Waals surface area contributed by atoms with Crippen LogP contribution < -0.4 is 11.1 Å². The van der Waals surface area contributed by atoms with E-state index in [4.69, 9.17) is 10.2 Å². The normalized spacial score (nSPS) is 20.6. The molecule has 1 heterocycles. The Morgan fingerprint density at radius 3 is 3.06 bits per heavy atom. The minimum absolute atomic E-state index is 0.0616. The van der Waals surface area contributed by atoms with Crippen molar-refractivity contribution < 1.29 is 9.21 Å². The minimum atomic E-state index is -0.109. The standard InChI is InChI=1S/C14H22N2O2/c1-9(2)11(8-15)14(17)16-12-4-3-5-13-10(12)6-7-18-13/h6-7,9,11-12H,3-5,8,15H2,1-2H3,(H,16,17). The molecule has 1 aromatic heterocycles. The molecule has 0 saturated heterocycles. The fourth-order valence-electron chi connectivity index (χ4n) is 2.60. The second kappa shape index (κ2) is 5.57. The Bertz CT molecular complexity index is 412. The number of amides is 1. The van der Waals surface area contributed by atoms with E-state index in [1.54, 1.807) is 6.26 Å². The smallest absolute Gasteiger partial charge is 0.225 e. The average molecular weight is 250 g/mol. The number of rotatable bonds is 4. The number of hydrogen-bond donors (Lipinski definition) is 2. The zero-order chi connectivity index (χ0) is 13.1. The summed E-state index contributed by atoms with van der Waals surface area (Å²) in [5.41, 5.74) is 6.81. The molecule has 2 unspecified atom stereocenters. The maximum absolute atomic E-state index is 12.2. The van der Waals surface area contributed by atoms with Gasteiger partial charge in [0.2, 0.25) is 5.91 Å². The van der Waals surface area contributed by atoms with E-state index in [9.17, 15) is 4.79 Å². The summed E-state index contributed by atoms with van der Waals surface area (Å²) in [6.45, 7) is 4.46. The number of carbonyl (C=O) groups is 1. The number of nitrogens with two attached hydrogens (primary N) is 1. The molecular formula is C14H22N2O2. The van der Waals surface area contributed by atoms with Crippen LogP contribution in [0.2, 0.25) is 0 Å². The van der Waals surface area contributed by atoms with Gasteiger partial charge in [0.1, 0.15) is 5.76 Å². The first kappa shape index (κ1) is 13.1. The van der Waals surface area contributed by atoms with Gasteiger partial charge in [0.15, 0.2) is 0 Å². The molecule has 0 spiro atoms. The first-order valence-electron chi connectivity index (χ1n) is 6.70. The van der Waals surface area contributed by atoms with Gasteiger partial charge in [-0.2, -0.15) is 0 Å². The Balaban J connectivity index is 2.05. The lowest BCUT2D eigenvalue weighted by Crippen LogP contribution is -2.40. The molecule has 0 radical (unpaired) electrons. The molecule has 0 saturated carbocycles. The highest BCUT2D eigenvalue weighted by molar-refractivity contribution is 5.79. The molecule has 1 aliphatic rings. The lowest BCUT2D eigenvalue weighted by molar-refractivity contribution is -0.126. The molecule has 4 nitrogen and oxygen atoms in total. The van der Waals surface area contributed by atoms with Gasteiger partial charge in [-0.1, -0.05) is 13.8 Å². The molecular weight excluding hydrogens is 228 g/mol. The summed E-state index contributed by atoms with van der Waals surface area (Å²) in [6.07, 6.45) is 4.71. The first-order valence-corrected chi connectivity index (χ1v) is 6.70. The summed E-state index contributed by atoms with van der Waals surface area (Å²) in [6, 6.07) is 2.06. The maximum atomic E-state index is 12.2. The van der Waals surface area contributed by atoms with Gasteiger partial charge in [-0.25, -0.2) is 0 Å². The number of hydrogen-bond acceptors (Lipinski definition) is 3. The first-order chi connectivity index (χ1) is 8.63. The Morgan fingerprint density at radius 1 is 1.61 bits per heavy atom. The summed E-state index contributed by atoms with van der Waals surface area (Å²) in [5.74, 6) is 1.23. The zero-order valence-electron chi connectivity index (χ0n) is 11.1. The Morgan fingerprint density at radius 2 is 2.39 bits per heavy atom. The van der Waals surface area contributed by atoms with Crippen LogP contribution in [-0.2, 0) is 11.2 Å². The third kappa shape index (κ3) is 2.58. The van der Waals surface area contributed by atoms with E-state index in [1.807, 2.05) is 19.9 Å². The second-order valence-electron chi connectivity index (χ2n) is 5.34. The van der Waals surface area contributed by atoms with Crippen LogP contribution in [0.15, 0.2) is 16.7 Å². The number of furan rings is 1. The molecule has 3 N–H and O–H groups in total. The van der Waals surface area contributed by atoms with Crippen molar-refractivity contribution in [2.75, 3.05) is 6.54 Å². The van der Waals surface area contributed by atoms with E-state index in [0.29, 0.717) is 6.54 Å². The number of fused-ring (bicyclic) bond motifs is 1. The number of aryl methyl sites for hydroxylation is 1. The van der Waals surface area contributed by atoms with Gasteiger partial charge in [-0.3, -0.25) is 4.79 Å². The van der Waals surface area contributed by atoms with Gasteiger partial charge < -0.3 is 15.5 Å². The Kier molecular flexibility index (Phi) is 4.07.